The van der Waals surface area contributed by atoms with Crippen LogP contribution in [-0.2, 0) is 16.0 Å². The van der Waals surface area contributed by atoms with Crippen LogP contribution in [0.2, 0.25) is 0 Å². The molecule has 0 aliphatic carbocycles. The molecule has 0 atom stereocenters. The first kappa shape index (κ1) is 12.2. The molecule has 2 aliphatic rings. The number of aryl methyl sites for hydroxylation is 1. The Bertz CT molecular complexity index is 495. The van der Waals surface area contributed by atoms with Crippen molar-refractivity contribution in [3.05, 3.63) is 27.7 Å². The molecule has 1 amide bonds. The van der Waals surface area contributed by atoms with Crippen LogP contribution in [0.15, 0.2) is 16.6 Å². The third kappa shape index (κ3) is 1.97. The summed E-state index contributed by atoms with van der Waals surface area (Å²) in [4.78, 5) is 14.3. The first-order valence-electron chi connectivity index (χ1n) is 6.35. The summed E-state index contributed by atoms with van der Waals surface area (Å²) in [6.45, 7) is 3.59. The molecule has 4 heteroatoms. The minimum absolute atomic E-state index is 0.225. The Morgan fingerprint density at radius 3 is 2.78 bits per heavy atom. The van der Waals surface area contributed by atoms with Crippen LogP contribution < -0.4 is 4.90 Å². The molecular weight excluding hydrogens is 294 g/mol. The average molecular weight is 310 g/mol. The summed E-state index contributed by atoms with van der Waals surface area (Å²) in [7, 11) is 0. The van der Waals surface area contributed by atoms with Gasteiger partial charge >= 0.3 is 0 Å². The van der Waals surface area contributed by atoms with Gasteiger partial charge < -0.3 is 9.64 Å². The minimum Gasteiger partial charge on any atom is -0.381 e. The molecule has 2 aliphatic heterocycles. The van der Waals surface area contributed by atoms with Crippen molar-refractivity contribution in [3.8, 4) is 0 Å². The summed E-state index contributed by atoms with van der Waals surface area (Å²) in [6, 6.07) is 4.52. The second-order valence-corrected chi connectivity index (χ2v) is 5.88. The van der Waals surface area contributed by atoms with Crippen molar-refractivity contribution in [1.82, 2.24) is 0 Å². The molecular formula is C14H16BrNO2. The van der Waals surface area contributed by atoms with Gasteiger partial charge in [-0.25, -0.2) is 0 Å². The van der Waals surface area contributed by atoms with E-state index in [1.54, 1.807) is 0 Å². The number of fused-ring (bicyclic) bond motifs is 1. The van der Waals surface area contributed by atoms with Crippen LogP contribution in [0.25, 0.3) is 0 Å². The zero-order chi connectivity index (χ0) is 12.7. The molecule has 0 spiro atoms. The van der Waals surface area contributed by atoms with Crippen molar-refractivity contribution >= 4 is 27.5 Å². The molecule has 0 N–H and O–H groups in total. The van der Waals surface area contributed by atoms with E-state index >= 15 is 0 Å². The monoisotopic (exact) mass is 309 g/mol. The molecule has 1 fully saturated rings. The highest BCUT2D eigenvalue weighted by atomic mass is 79.9. The molecule has 3 nitrogen and oxygen atoms in total. The number of anilines is 1. The molecule has 1 aromatic rings. The molecule has 2 heterocycles. The van der Waals surface area contributed by atoms with Gasteiger partial charge in [0.25, 0.3) is 0 Å². The fourth-order valence-electron chi connectivity index (χ4n) is 2.86. The number of hydrogen-bond acceptors (Lipinski definition) is 2. The zero-order valence-electron chi connectivity index (χ0n) is 10.4. The Morgan fingerprint density at radius 1 is 1.33 bits per heavy atom. The third-order valence-corrected chi connectivity index (χ3v) is 4.44. The Labute approximate surface area is 115 Å². The van der Waals surface area contributed by atoms with Crippen molar-refractivity contribution in [3.63, 3.8) is 0 Å². The number of ether oxygens (including phenoxy) is 1. The van der Waals surface area contributed by atoms with Crippen LogP contribution in [0.1, 0.15) is 24.0 Å². The summed E-state index contributed by atoms with van der Waals surface area (Å²) in [5.74, 6) is 0.225. The van der Waals surface area contributed by atoms with Crippen LogP contribution in [-0.4, -0.2) is 25.2 Å². The van der Waals surface area contributed by atoms with E-state index in [-0.39, 0.29) is 5.91 Å². The Morgan fingerprint density at radius 2 is 2.06 bits per heavy atom. The fourth-order valence-corrected chi connectivity index (χ4v) is 3.56. The molecule has 0 radical (unpaired) electrons. The Balaban J connectivity index is 2.00. The number of rotatable bonds is 1. The Hall–Kier alpha value is -0.870. The van der Waals surface area contributed by atoms with Crippen LogP contribution in [0, 0.1) is 6.92 Å². The maximum absolute atomic E-state index is 12.3. The normalized spacial score (nSPS) is 20.3. The van der Waals surface area contributed by atoms with Gasteiger partial charge in [-0.2, -0.15) is 0 Å². The number of carbonyl (C=O) groups is 1. The van der Waals surface area contributed by atoms with Crippen LogP contribution in [0.3, 0.4) is 0 Å². The van der Waals surface area contributed by atoms with Crippen molar-refractivity contribution in [2.24, 2.45) is 0 Å². The minimum atomic E-state index is 0.225. The van der Waals surface area contributed by atoms with E-state index in [1.807, 2.05) is 4.90 Å². The largest absolute Gasteiger partial charge is 0.381 e. The predicted molar refractivity (Wildman–Crippen MR) is 73.9 cm³/mol. The van der Waals surface area contributed by atoms with Gasteiger partial charge in [0.1, 0.15) is 0 Å². The van der Waals surface area contributed by atoms with Crippen molar-refractivity contribution in [1.29, 1.82) is 0 Å². The summed E-state index contributed by atoms with van der Waals surface area (Å²) >= 11 is 3.57. The van der Waals surface area contributed by atoms with E-state index in [0.29, 0.717) is 12.5 Å². The van der Waals surface area contributed by atoms with Gasteiger partial charge in [-0.1, -0.05) is 15.9 Å². The first-order valence-corrected chi connectivity index (χ1v) is 7.15. The quantitative estimate of drug-likeness (QED) is 0.798. The lowest BCUT2D eigenvalue weighted by molar-refractivity contribution is -0.118. The summed E-state index contributed by atoms with van der Waals surface area (Å²) in [5, 5.41) is 0. The second kappa shape index (κ2) is 4.67. The maximum atomic E-state index is 12.3. The lowest BCUT2D eigenvalue weighted by atomic mass is 10.1. The van der Waals surface area contributed by atoms with Gasteiger partial charge in [-0.15, -0.1) is 0 Å². The van der Waals surface area contributed by atoms with Crippen LogP contribution in [0.4, 0.5) is 5.69 Å². The summed E-state index contributed by atoms with van der Waals surface area (Å²) in [5.41, 5.74) is 3.42. The number of halogens is 1. The number of hydrogen-bond donors (Lipinski definition) is 0. The van der Waals surface area contributed by atoms with Gasteiger partial charge in [-0.05, 0) is 43.0 Å². The highest BCUT2D eigenvalue weighted by molar-refractivity contribution is 9.10. The molecule has 0 bridgehead atoms. The summed E-state index contributed by atoms with van der Waals surface area (Å²) in [6.07, 6.45) is 2.40. The van der Waals surface area contributed by atoms with E-state index < -0.39 is 0 Å². The number of nitrogens with zero attached hydrogens (tertiary/aromatic N) is 1. The highest BCUT2D eigenvalue weighted by Crippen LogP contribution is 2.38. The average Bonchev–Trinajstić information content (AvgIpc) is 2.67. The molecule has 96 valence electrons. The fraction of sp³-hybridized carbons (Fsp3) is 0.500. The number of carbonyl (C=O) groups excluding carboxylic acids is 1. The second-order valence-electron chi connectivity index (χ2n) is 5.03. The lowest BCUT2D eigenvalue weighted by Gasteiger charge is -2.31. The summed E-state index contributed by atoms with van der Waals surface area (Å²) < 4.78 is 6.44. The van der Waals surface area contributed by atoms with E-state index in [0.717, 1.165) is 41.8 Å². The lowest BCUT2D eigenvalue weighted by Crippen LogP contribution is -2.41. The van der Waals surface area contributed by atoms with Crippen molar-refractivity contribution < 1.29 is 9.53 Å². The van der Waals surface area contributed by atoms with Crippen molar-refractivity contribution in [2.75, 3.05) is 18.1 Å². The smallest absolute Gasteiger partial charge is 0.231 e. The van der Waals surface area contributed by atoms with Gasteiger partial charge in [0.05, 0.1) is 6.42 Å². The molecule has 3 rings (SSSR count). The number of amides is 1. The zero-order valence-corrected chi connectivity index (χ0v) is 12.0. The molecule has 0 unspecified atom stereocenters. The molecule has 0 aromatic heterocycles. The van der Waals surface area contributed by atoms with Gasteiger partial charge in [0, 0.05) is 29.4 Å². The van der Waals surface area contributed by atoms with E-state index in [2.05, 4.69) is 35.0 Å². The molecule has 18 heavy (non-hydrogen) atoms. The number of benzene rings is 1. The maximum Gasteiger partial charge on any atom is 0.231 e. The van der Waals surface area contributed by atoms with E-state index in [4.69, 9.17) is 4.74 Å². The molecule has 0 saturated carbocycles. The van der Waals surface area contributed by atoms with Gasteiger partial charge in [-0.3, -0.25) is 4.79 Å². The SMILES string of the molecule is Cc1cc(Br)c2c(c1)N(C1CCOCC1)C(=O)C2. The van der Waals surface area contributed by atoms with Crippen LogP contribution in [0.5, 0.6) is 0 Å². The third-order valence-electron chi connectivity index (χ3n) is 3.73. The van der Waals surface area contributed by atoms with E-state index in [1.165, 1.54) is 5.56 Å². The predicted octanol–water partition coefficient (Wildman–Crippen LogP) is 2.83. The topological polar surface area (TPSA) is 29.5 Å². The van der Waals surface area contributed by atoms with E-state index in [9.17, 15) is 4.79 Å². The Kier molecular flexibility index (Phi) is 3.16. The first-order chi connectivity index (χ1) is 8.66. The highest BCUT2D eigenvalue weighted by Gasteiger charge is 2.34. The molecule has 1 saturated heterocycles. The van der Waals surface area contributed by atoms with Crippen molar-refractivity contribution in [2.45, 2.75) is 32.2 Å². The van der Waals surface area contributed by atoms with Crippen LogP contribution >= 0.6 is 15.9 Å². The molecule has 1 aromatic carbocycles. The van der Waals surface area contributed by atoms with Gasteiger partial charge in [0.2, 0.25) is 5.91 Å². The van der Waals surface area contributed by atoms with Gasteiger partial charge in [0.15, 0.2) is 0 Å². The standard InChI is InChI=1S/C14H16BrNO2/c1-9-6-12(15)11-8-14(17)16(13(11)7-9)10-2-4-18-5-3-10/h6-7,10H,2-5,8H2,1H3.